The van der Waals surface area contributed by atoms with Crippen molar-refractivity contribution >= 4 is 5.78 Å². The van der Waals surface area contributed by atoms with Gasteiger partial charge in [0.15, 0.2) is 0 Å². The Morgan fingerprint density at radius 2 is 2.09 bits per heavy atom. The molecule has 2 saturated carbocycles. The SMILES string of the molecule is O=C1CC[C@H]2[C@H](O)[C@H](O)C[C@@H]12. The van der Waals surface area contributed by atoms with E-state index in [1.54, 1.807) is 0 Å². The normalized spacial score (nSPS) is 49.8. The van der Waals surface area contributed by atoms with Crippen LogP contribution in [0.1, 0.15) is 19.3 Å². The number of carbonyl (C=O) groups is 1. The van der Waals surface area contributed by atoms with E-state index in [0.29, 0.717) is 12.8 Å². The zero-order valence-electron chi connectivity index (χ0n) is 6.23. The summed E-state index contributed by atoms with van der Waals surface area (Å²) in [6, 6.07) is 0. The molecule has 0 aliphatic heterocycles. The molecule has 2 N–H and O–H groups in total. The van der Waals surface area contributed by atoms with Crippen LogP contribution in [-0.2, 0) is 4.79 Å². The Hall–Kier alpha value is -0.410. The topological polar surface area (TPSA) is 57.5 Å². The highest BCUT2D eigenvalue weighted by Gasteiger charge is 2.48. The quantitative estimate of drug-likeness (QED) is 0.506. The number of rotatable bonds is 0. The molecule has 62 valence electrons. The Balaban J connectivity index is 2.18. The minimum Gasteiger partial charge on any atom is -0.390 e. The van der Waals surface area contributed by atoms with Crippen LogP contribution in [-0.4, -0.2) is 28.2 Å². The minimum atomic E-state index is -0.658. The second-order valence-electron chi connectivity index (χ2n) is 3.57. The molecule has 0 bridgehead atoms. The van der Waals surface area contributed by atoms with Crippen molar-refractivity contribution in [2.45, 2.75) is 31.5 Å². The van der Waals surface area contributed by atoms with Gasteiger partial charge in [-0.3, -0.25) is 4.79 Å². The van der Waals surface area contributed by atoms with Gasteiger partial charge in [0.2, 0.25) is 0 Å². The number of aliphatic hydroxyl groups is 2. The predicted molar refractivity (Wildman–Crippen MR) is 37.9 cm³/mol. The average molecular weight is 156 g/mol. The maximum Gasteiger partial charge on any atom is 0.136 e. The zero-order chi connectivity index (χ0) is 8.01. The number of fused-ring (bicyclic) bond motifs is 1. The van der Waals surface area contributed by atoms with Crippen LogP contribution in [0.2, 0.25) is 0 Å². The third kappa shape index (κ3) is 0.914. The molecule has 0 aromatic carbocycles. The molecule has 0 amide bonds. The summed E-state index contributed by atoms with van der Waals surface area (Å²) in [5.74, 6) is 0.239. The van der Waals surface area contributed by atoms with E-state index in [1.807, 2.05) is 0 Å². The van der Waals surface area contributed by atoms with Gasteiger partial charge >= 0.3 is 0 Å². The lowest BCUT2D eigenvalue weighted by molar-refractivity contribution is -0.121. The number of hydrogen-bond acceptors (Lipinski definition) is 3. The van der Waals surface area contributed by atoms with E-state index in [2.05, 4.69) is 0 Å². The summed E-state index contributed by atoms with van der Waals surface area (Å²) >= 11 is 0. The summed E-state index contributed by atoms with van der Waals surface area (Å²) in [5.41, 5.74) is 0. The maximum atomic E-state index is 11.1. The van der Waals surface area contributed by atoms with Gasteiger partial charge in [-0.15, -0.1) is 0 Å². The van der Waals surface area contributed by atoms with Gasteiger partial charge in [0, 0.05) is 12.3 Å². The molecule has 4 atom stereocenters. The van der Waals surface area contributed by atoms with Crippen molar-refractivity contribution in [2.75, 3.05) is 0 Å². The Labute approximate surface area is 65.0 Å². The van der Waals surface area contributed by atoms with Crippen molar-refractivity contribution in [3.8, 4) is 0 Å². The number of Topliss-reactive ketones (excluding diaryl/α,β-unsaturated/α-hetero) is 1. The minimum absolute atomic E-state index is 0.0417. The molecular weight excluding hydrogens is 144 g/mol. The molecule has 3 heteroatoms. The largest absolute Gasteiger partial charge is 0.390 e. The Morgan fingerprint density at radius 1 is 1.36 bits per heavy atom. The van der Waals surface area contributed by atoms with Gasteiger partial charge in [-0.2, -0.15) is 0 Å². The molecule has 2 aliphatic carbocycles. The van der Waals surface area contributed by atoms with E-state index in [-0.39, 0.29) is 17.6 Å². The standard InChI is InChI=1S/C8H12O3/c9-6-2-1-4-5(6)3-7(10)8(4)11/h4-5,7-8,10-11H,1-3H2/t4-,5-,7-,8+/m1/s1. The Kier molecular flexibility index (Phi) is 1.51. The van der Waals surface area contributed by atoms with E-state index in [0.717, 1.165) is 6.42 Å². The van der Waals surface area contributed by atoms with Crippen LogP contribution in [0.4, 0.5) is 0 Å². The van der Waals surface area contributed by atoms with Crippen LogP contribution in [0.3, 0.4) is 0 Å². The molecule has 2 rings (SSSR count). The average Bonchev–Trinajstić information content (AvgIpc) is 2.43. The number of ketones is 1. The van der Waals surface area contributed by atoms with Gasteiger partial charge in [0.05, 0.1) is 12.2 Å². The molecule has 0 heterocycles. The second-order valence-corrected chi connectivity index (χ2v) is 3.57. The fourth-order valence-corrected chi connectivity index (χ4v) is 2.33. The lowest BCUT2D eigenvalue weighted by atomic mass is 9.99. The highest BCUT2D eigenvalue weighted by atomic mass is 16.3. The van der Waals surface area contributed by atoms with E-state index in [4.69, 9.17) is 0 Å². The van der Waals surface area contributed by atoms with E-state index in [9.17, 15) is 15.0 Å². The second kappa shape index (κ2) is 2.29. The Morgan fingerprint density at radius 3 is 2.73 bits per heavy atom. The third-order valence-electron chi connectivity index (χ3n) is 2.98. The predicted octanol–water partition coefficient (Wildman–Crippen LogP) is -0.293. The molecule has 0 radical (unpaired) electrons. The van der Waals surface area contributed by atoms with Crippen LogP contribution in [0, 0.1) is 11.8 Å². The molecule has 0 saturated heterocycles. The fourth-order valence-electron chi connectivity index (χ4n) is 2.33. The first-order valence-electron chi connectivity index (χ1n) is 4.09. The maximum absolute atomic E-state index is 11.1. The van der Waals surface area contributed by atoms with E-state index < -0.39 is 12.2 Å². The molecule has 2 aliphatic rings. The van der Waals surface area contributed by atoms with Gasteiger partial charge in [-0.05, 0) is 18.8 Å². The van der Waals surface area contributed by atoms with Crippen molar-refractivity contribution < 1.29 is 15.0 Å². The van der Waals surface area contributed by atoms with Gasteiger partial charge in [0.1, 0.15) is 5.78 Å². The van der Waals surface area contributed by atoms with E-state index in [1.165, 1.54) is 0 Å². The van der Waals surface area contributed by atoms with Crippen molar-refractivity contribution in [2.24, 2.45) is 11.8 Å². The van der Waals surface area contributed by atoms with Crippen LogP contribution < -0.4 is 0 Å². The fraction of sp³-hybridized carbons (Fsp3) is 0.875. The molecule has 11 heavy (non-hydrogen) atoms. The van der Waals surface area contributed by atoms with Crippen molar-refractivity contribution in [3.05, 3.63) is 0 Å². The zero-order valence-corrected chi connectivity index (χ0v) is 6.23. The molecule has 2 fully saturated rings. The highest BCUT2D eigenvalue weighted by molar-refractivity contribution is 5.84. The number of aliphatic hydroxyl groups excluding tert-OH is 2. The molecule has 0 aromatic heterocycles. The number of hydrogen-bond donors (Lipinski definition) is 2. The summed E-state index contributed by atoms with van der Waals surface area (Å²) in [6.07, 6.45) is 0.534. The Bertz CT molecular complexity index is 190. The summed E-state index contributed by atoms with van der Waals surface area (Å²) in [5, 5.41) is 18.6. The first kappa shape index (κ1) is 7.25. The van der Waals surface area contributed by atoms with Gasteiger partial charge < -0.3 is 10.2 Å². The van der Waals surface area contributed by atoms with Crippen LogP contribution >= 0.6 is 0 Å². The molecule has 0 spiro atoms. The molecular formula is C8H12O3. The first-order valence-corrected chi connectivity index (χ1v) is 4.09. The summed E-state index contributed by atoms with van der Waals surface area (Å²) < 4.78 is 0. The van der Waals surface area contributed by atoms with Crippen LogP contribution in [0.25, 0.3) is 0 Å². The molecule has 3 nitrogen and oxygen atoms in total. The van der Waals surface area contributed by atoms with Gasteiger partial charge in [-0.1, -0.05) is 0 Å². The summed E-state index contributed by atoms with van der Waals surface area (Å²) in [6.45, 7) is 0. The number of carbonyl (C=O) groups excluding carboxylic acids is 1. The molecule has 0 unspecified atom stereocenters. The lowest BCUT2D eigenvalue weighted by Crippen LogP contribution is -2.24. The monoisotopic (exact) mass is 156 g/mol. The smallest absolute Gasteiger partial charge is 0.136 e. The highest BCUT2D eigenvalue weighted by Crippen LogP contribution is 2.41. The third-order valence-corrected chi connectivity index (χ3v) is 2.98. The van der Waals surface area contributed by atoms with Gasteiger partial charge in [0.25, 0.3) is 0 Å². The van der Waals surface area contributed by atoms with Crippen LogP contribution in [0.5, 0.6) is 0 Å². The van der Waals surface area contributed by atoms with E-state index >= 15 is 0 Å². The van der Waals surface area contributed by atoms with Crippen molar-refractivity contribution in [1.82, 2.24) is 0 Å². The first-order chi connectivity index (χ1) is 5.20. The summed E-state index contributed by atoms with van der Waals surface area (Å²) in [7, 11) is 0. The van der Waals surface area contributed by atoms with Crippen molar-refractivity contribution in [3.63, 3.8) is 0 Å². The van der Waals surface area contributed by atoms with Crippen LogP contribution in [0.15, 0.2) is 0 Å². The molecule has 0 aromatic rings. The van der Waals surface area contributed by atoms with Gasteiger partial charge in [-0.25, -0.2) is 0 Å². The summed E-state index contributed by atoms with van der Waals surface area (Å²) in [4.78, 5) is 11.1. The lowest BCUT2D eigenvalue weighted by Gasteiger charge is -2.12. The van der Waals surface area contributed by atoms with Crippen molar-refractivity contribution in [1.29, 1.82) is 0 Å².